The van der Waals surface area contributed by atoms with Gasteiger partial charge >= 0.3 is 6.18 Å². The zero-order chi connectivity index (χ0) is 14.0. The van der Waals surface area contributed by atoms with Gasteiger partial charge in [0.05, 0.1) is 5.92 Å². The Kier molecular flexibility index (Phi) is 4.79. The van der Waals surface area contributed by atoms with Crippen LogP contribution in [0.4, 0.5) is 13.2 Å². The van der Waals surface area contributed by atoms with Gasteiger partial charge in [-0.1, -0.05) is 15.9 Å². The molecule has 2 aliphatic rings. The first-order valence-electron chi connectivity index (χ1n) is 6.87. The van der Waals surface area contributed by atoms with Crippen molar-refractivity contribution in [2.75, 3.05) is 13.1 Å². The maximum absolute atomic E-state index is 12.6. The van der Waals surface area contributed by atoms with Crippen molar-refractivity contribution in [3.05, 3.63) is 0 Å². The molecule has 1 aliphatic heterocycles. The lowest BCUT2D eigenvalue weighted by Gasteiger charge is -2.35. The van der Waals surface area contributed by atoms with Crippen molar-refractivity contribution in [1.29, 1.82) is 0 Å². The Labute approximate surface area is 119 Å². The molecule has 1 saturated heterocycles. The first-order chi connectivity index (χ1) is 8.88. The summed E-state index contributed by atoms with van der Waals surface area (Å²) < 4.78 is 37.7. The lowest BCUT2D eigenvalue weighted by molar-refractivity contribution is -0.185. The summed E-state index contributed by atoms with van der Waals surface area (Å²) in [6.45, 7) is 1.46. The highest BCUT2D eigenvalue weighted by atomic mass is 79.9. The van der Waals surface area contributed by atoms with E-state index in [0.717, 1.165) is 25.9 Å². The van der Waals surface area contributed by atoms with Gasteiger partial charge in [0.15, 0.2) is 0 Å². The molecule has 0 aromatic heterocycles. The number of hydrogen-bond acceptors (Lipinski definition) is 1. The SMILES string of the molecule is O=C(C1CCC(C(F)(F)F)CC1)N1CCC(Br)CC1. The summed E-state index contributed by atoms with van der Waals surface area (Å²) in [6.07, 6.45) is -1.24. The number of likely N-dealkylation sites (tertiary alicyclic amines) is 1. The minimum atomic E-state index is -4.09. The monoisotopic (exact) mass is 341 g/mol. The van der Waals surface area contributed by atoms with Crippen molar-refractivity contribution in [3.63, 3.8) is 0 Å². The van der Waals surface area contributed by atoms with E-state index in [1.54, 1.807) is 0 Å². The lowest BCUT2D eigenvalue weighted by atomic mass is 9.81. The Bertz CT molecular complexity index is 318. The van der Waals surface area contributed by atoms with Crippen LogP contribution in [0.15, 0.2) is 0 Å². The van der Waals surface area contributed by atoms with Crippen molar-refractivity contribution in [1.82, 2.24) is 4.90 Å². The van der Waals surface area contributed by atoms with Gasteiger partial charge in [-0.15, -0.1) is 0 Å². The average Bonchev–Trinajstić information content (AvgIpc) is 2.38. The fraction of sp³-hybridized carbons (Fsp3) is 0.923. The van der Waals surface area contributed by atoms with Crippen molar-refractivity contribution in [2.45, 2.75) is 49.5 Å². The predicted molar refractivity (Wildman–Crippen MR) is 70.0 cm³/mol. The molecule has 0 atom stereocenters. The van der Waals surface area contributed by atoms with Gasteiger partial charge in [0.2, 0.25) is 5.91 Å². The zero-order valence-electron chi connectivity index (χ0n) is 10.8. The number of alkyl halides is 4. The topological polar surface area (TPSA) is 20.3 Å². The zero-order valence-corrected chi connectivity index (χ0v) is 12.3. The number of amides is 1. The molecule has 0 aromatic rings. The molecule has 1 heterocycles. The highest BCUT2D eigenvalue weighted by Crippen LogP contribution is 2.40. The van der Waals surface area contributed by atoms with Crippen LogP contribution in [0.1, 0.15) is 38.5 Å². The number of nitrogens with zero attached hydrogens (tertiary/aromatic N) is 1. The minimum Gasteiger partial charge on any atom is -0.342 e. The molecule has 1 saturated carbocycles. The molecule has 6 heteroatoms. The second-order valence-electron chi connectivity index (χ2n) is 5.59. The van der Waals surface area contributed by atoms with E-state index in [0.29, 0.717) is 17.7 Å². The van der Waals surface area contributed by atoms with Gasteiger partial charge in [-0.2, -0.15) is 13.2 Å². The average molecular weight is 342 g/mol. The molecular weight excluding hydrogens is 323 g/mol. The first kappa shape index (κ1) is 15.1. The molecule has 0 radical (unpaired) electrons. The molecule has 0 bridgehead atoms. The van der Waals surface area contributed by atoms with Crippen LogP contribution in [0.2, 0.25) is 0 Å². The van der Waals surface area contributed by atoms with Crippen molar-refractivity contribution < 1.29 is 18.0 Å². The fourth-order valence-electron chi connectivity index (χ4n) is 2.99. The van der Waals surface area contributed by atoms with E-state index < -0.39 is 12.1 Å². The summed E-state index contributed by atoms with van der Waals surface area (Å²) >= 11 is 3.53. The second kappa shape index (κ2) is 6.02. The maximum Gasteiger partial charge on any atom is 0.391 e. The van der Waals surface area contributed by atoms with E-state index in [4.69, 9.17) is 0 Å². The quantitative estimate of drug-likeness (QED) is 0.665. The van der Waals surface area contributed by atoms with Crippen LogP contribution in [0.3, 0.4) is 0 Å². The van der Waals surface area contributed by atoms with Gasteiger partial charge in [0, 0.05) is 23.8 Å². The lowest BCUT2D eigenvalue weighted by Crippen LogP contribution is -2.43. The van der Waals surface area contributed by atoms with Gasteiger partial charge in [0.25, 0.3) is 0 Å². The van der Waals surface area contributed by atoms with Gasteiger partial charge < -0.3 is 4.90 Å². The fourth-order valence-corrected chi connectivity index (χ4v) is 3.40. The van der Waals surface area contributed by atoms with Crippen LogP contribution in [-0.2, 0) is 4.79 Å². The van der Waals surface area contributed by atoms with E-state index in [9.17, 15) is 18.0 Å². The van der Waals surface area contributed by atoms with Crippen LogP contribution >= 0.6 is 15.9 Å². The van der Waals surface area contributed by atoms with Crippen molar-refractivity contribution in [3.8, 4) is 0 Å². The highest BCUT2D eigenvalue weighted by molar-refractivity contribution is 9.09. The molecule has 110 valence electrons. The van der Waals surface area contributed by atoms with Gasteiger partial charge in [-0.25, -0.2) is 0 Å². The molecule has 0 N–H and O–H groups in total. The second-order valence-corrected chi connectivity index (χ2v) is 6.89. The molecule has 2 fully saturated rings. The number of carbonyl (C=O) groups excluding carboxylic acids is 1. The van der Waals surface area contributed by atoms with Gasteiger partial charge in [-0.3, -0.25) is 4.79 Å². The van der Waals surface area contributed by atoms with E-state index in [1.807, 2.05) is 4.90 Å². The number of piperidine rings is 1. The van der Waals surface area contributed by atoms with E-state index in [2.05, 4.69) is 15.9 Å². The summed E-state index contributed by atoms with van der Waals surface area (Å²) in [5.74, 6) is -1.32. The van der Waals surface area contributed by atoms with Gasteiger partial charge in [0.1, 0.15) is 0 Å². The number of carbonyl (C=O) groups is 1. The number of rotatable bonds is 1. The summed E-state index contributed by atoms with van der Waals surface area (Å²) in [5, 5.41) is 0. The van der Waals surface area contributed by atoms with Gasteiger partial charge in [-0.05, 0) is 38.5 Å². The molecule has 0 spiro atoms. The van der Waals surface area contributed by atoms with E-state index in [1.165, 1.54) is 0 Å². The predicted octanol–water partition coefficient (Wildman–Crippen LogP) is 3.74. The van der Waals surface area contributed by atoms with Crippen LogP contribution in [0, 0.1) is 11.8 Å². The van der Waals surface area contributed by atoms with Crippen LogP contribution in [0.25, 0.3) is 0 Å². The summed E-state index contributed by atoms with van der Waals surface area (Å²) in [4.78, 5) is 14.5. The summed E-state index contributed by atoms with van der Waals surface area (Å²) in [7, 11) is 0. The third-order valence-electron chi connectivity index (χ3n) is 4.28. The number of hydrogen-bond donors (Lipinski definition) is 0. The third kappa shape index (κ3) is 3.86. The normalized spacial score (nSPS) is 30.4. The van der Waals surface area contributed by atoms with E-state index in [-0.39, 0.29) is 24.7 Å². The Morgan fingerprint density at radius 1 is 1.00 bits per heavy atom. The van der Waals surface area contributed by atoms with Crippen LogP contribution in [-0.4, -0.2) is 34.9 Å². The molecule has 0 aromatic carbocycles. The molecule has 2 rings (SSSR count). The molecule has 19 heavy (non-hydrogen) atoms. The Hall–Kier alpha value is -0.260. The summed E-state index contributed by atoms with van der Waals surface area (Å²) in [6, 6.07) is 0. The molecule has 2 nitrogen and oxygen atoms in total. The highest BCUT2D eigenvalue weighted by Gasteiger charge is 2.43. The smallest absolute Gasteiger partial charge is 0.342 e. The van der Waals surface area contributed by atoms with Crippen molar-refractivity contribution in [2.24, 2.45) is 11.8 Å². The molecule has 0 unspecified atom stereocenters. The maximum atomic E-state index is 12.6. The first-order valence-corrected chi connectivity index (χ1v) is 7.79. The van der Waals surface area contributed by atoms with Crippen LogP contribution in [0.5, 0.6) is 0 Å². The summed E-state index contributed by atoms with van der Waals surface area (Å²) in [5.41, 5.74) is 0. The van der Waals surface area contributed by atoms with Crippen molar-refractivity contribution >= 4 is 21.8 Å². The standard InChI is InChI=1S/C13H19BrF3NO/c14-11-5-7-18(8-6-11)12(19)9-1-3-10(4-2-9)13(15,16)17/h9-11H,1-8H2. The third-order valence-corrected chi connectivity index (χ3v) is 5.19. The minimum absolute atomic E-state index is 0.0695. The molecular formula is C13H19BrF3NO. The van der Waals surface area contributed by atoms with Crippen LogP contribution < -0.4 is 0 Å². The molecule has 1 amide bonds. The van der Waals surface area contributed by atoms with E-state index >= 15 is 0 Å². The Morgan fingerprint density at radius 3 is 2.00 bits per heavy atom. The largest absolute Gasteiger partial charge is 0.391 e. The Balaban J connectivity index is 1.82. The molecule has 1 aliphatic carbocycles. The Morgan fingerprint density at radius 2 is 1.53 bits per heavy atom. The number of halogens is 4.